The predicted octanol–water partition coefficient (Wildman–Crippen LogP) is 3.53. The molecule has 0 bridgehead atoms. The minimum Gasteiger partial charge on any atom is -0.376 e. The van der Waals surface area contributed by atoms with Gasteiger partial charge in [-0.15, -0.1) is 0 Å². The fourth-order valence-corrected chi connectivity index (χ4v) is 3.19. The third kappa shape index (κ3) is 4.90. The molecule has 1 fully saturated rings. The summed E-state index contributed by atoms with van der Waals surface area (Å²) in [6.07, 6.45) is 2.10. The zero-order valence-corrected chi connectivity index (χ0v) is 13.4. The van der Waals surface area contributed by atoms with Gasteiger partial charge in [0.15, 0.2) is 0 Å². The molecule has 0 aliphatic heterocycles. The van der Waals surface area contributed by atoms with E-state index in [-0.39, 0.29) is 12.1 Å². The van der Waals surface area contributed by atoms with Crippen LogP contribution in [0.1, 0.15) is 24.0 Å². The van der Waals surface area contributed by atoms with Crippen molar-refractivity contribution in [1.82, 2.24) is 0 Å². The largest absolute Gasteiger partial charge is 0.376 e. The van der Waals surface area contributed by atoms with Crippen LogP contribution in [0, 0.1) is 5.92 Å². The Kier molecular flexibility index (Phi) is 5.81. The minimum atomic E-state index is 0.195. The zero-order chi connectivity index (χ0) is 15.9. The first-order valence-corrected chi connectivity index (χ1v) is 8.34. The summed E-state index contributed by atoms with van der Waals surface area (Å²) in [5.74, 6) is 0.387. The first kappa shape index (κ1) is 16.2. The highest BCUT2D eigenvalue weighted by molar-refractivity contribution is 5.14. The minimum absolute atomic E-state index is 0.195. The van der Waals surface area contributed by atoms with E-state index in [1.54, 1.807) is 0 Å². The highest BCUT2D eigenvalue weighted by Gasteiger charge is 2.33. The summed E-state index contributed by atoms with van der Waals surface area (Å²) in [4.78, 5) is 0. The Bertz CT molecular complexity index is 573. The van der Waals surface area contributed by atoms with Crippen LogP contribution in [0.15, 0.2) is 60.7 Å². The van der Waals surface area contributed by atoms with E-state index in [2.05, 4.69) is 24.3 Å². The molecule has 2 aromatic rings. The topological polar surface area (TPSA) is 44.5 Å². The SMILES string of the molecule is N[C@@H]1C[C@H](COCc2ccccc2)[C@H](OCc2ccccc2)C1. The summed E-state index contributed by atoms with van der Waals surface area (Å²) in [7, 11) is 0. The van der Waals surface area contributed by atoms with Gasteiger partial charge in [0.05, 0.1) is 25.9 Å². The molecule has 0 aromatic heterocycles. The van der Waals surface area contributed by atoms with Crippen molar-refractivity contribution in [2.45, 2.75) is 38.2 Å². The fraction of sp³-hybridized carbons (Fsp3) is 0.400. The number of benzene rings is 2. The molecule has 3 rings (SSSR count). The van der Waals surface area contributed by atoms with Crippen molar-refractivity contribution in [2.24, 2.45) is 11.7 Å². The molecule has 3 atom stereocenters. The number of ether oxygens (including phenoxy) is 2. The van der Waals surface area contributed by atoms with Crippen molar-refractivity contribution in [3.8, 4) is 0 Å². The maximum atomic E-state index is 6.13. The number of hydrogen-bond donors (Lipinski definition) is 1. The van der Waals surface area contributed by atoms with Gasteiger partial charge in [-0.1, -0.05) is 60.7 Å². The number of nitrogens with two attached hydrogens (primary N) is 1. The molecule has 0 amide bonds. The standard InChI is InChI=1S/C20H25NO2/c21-19-11-18(15-22-13-16-7-3-1-4-8-16)20(12-19)23-14-17-9-5-2-6-10-17/h1-10,18-20H,11-15,21H2/t18-,19-,20-/m1/s1. The summed E-state index contributed by atoms with van der Waals surface area (Å²) in [6, 6.07) is 20.8. The normalized spacial score (nSPS) is 24.0. The maximum Gasteiger partial charge on any atom is 0.0720 e. The quantitative estimate of drug-likeness (QED) is 0.851. The van der Waals surface area contributed by atoms with E-state index in [9.17, 15) is 0 Å². The molecule has 3 heteroatoms. The monoisotopic (exact) mass is 311 g/mol. The number of rotatable bonds is 7. The summed E-state index contributed by atoms with van der Waals surface area (Å²) in [5, 5.41) is 0. The van der Waals surface area contributed by atoms with Crippen LogP contribution >= 0.6 is 0 Å². The van der Waals surface area contributed by atoms with E-state index < -0.39 is 0 Å². The average Bonchev–Trinajstić information content (AvgIpc) is 2.95. The lowest BCUT2D eigenvalue weighted by Crippen LogP contribution is -2.22. The summed E-state index contributed by atoms with van der Waals surface area (Å²) in [6.45, 7) is 2.01. The van der Waals surface area contributed by atoms with Gasteiger partial charge in [-0.3, -0.25) is 0 Å². The molecule has 1 aliphatic carbocycles. The molecular formula is C20H25NO2. The molecule has 2 N–H and O–H groups in total. The molecule has 0 spiro atoms. The summed E-state index contributed by atoms with van der Waals surface area (Å²) in [5.41, 5.74) is 8.54. The molecule has 122 valence electrons. The van der Waals surface area contributed by atoms with E-state index in [1.165, 1.54) is 11.1 Å². The molecule has 0 saturated heterocycles. The molecule has 23 heavy (non-hydrogen) atoms. The van der Waals surface area contributed by atoms with Crippen LogP contribution in [0.4, 0.5) is 0 Å². The van der Waals surface area contributed by atoms with Crippen LogP contribution < -0.4 is 5.73 Å². The van der Waals surface area contributed by atoms with Crippen LogP contribution in [0.2, 0.25) is 0 Å². The first-order valence-electron chi connectivity index (χ1n) is 8.34. The van der Waals surface area contributed by atoms with Crippen LogP contribution in [0.25, 0.3) is 0 Å². The summed E-state index contributed by atoms with van der Waals surface area (Å²) < 4.78 is 12.0. The van der Waals surface area contributed by atoms with Gasteiger partial charge in [-0.25, -0.2) is 0 Å². The Morgan fingerprint density at radius 3 is 2.09 bits per heavy atom. The first-order chi connectivity index (χ1) is 11.3. The molecule has 0 radical (unpaired) electrons. The Balaban J connectivity index is 1.47. The second-order valence-corrected chi connectivity index (χ2v) is 6.33. The summed E-state index contributed by atoms with van der Waals surface area (Å²) >= 11 is 0. The van der Waals surface area contributed by atoms with Gasteiger partial charge in [-0.05, 0) is 24.0 Å². The van der Waals surface area contributed by atoms with E-state index in [1.807, 2.05) is 36.4 Å². The van der Waals surface area contributed by atoms with E-state index >= 15 is 0 Å². The lowest BCUT2D eigenvalue weighted by Gasteiger charge is -2.20. The predicted molar refractivity (Wildman–Crippen MR) is 91.8 cm³/mol. The Morgan fingerprint density at radius 1 is 0.826 bits per heavy atom. The van der Waals surface area contributed by atoms with Crippen molar-refractivity contribution in [3.63, 3.8) is 0 Å². The lowest BCUT2D eigenvalue weighted by atomic mass is 10.1. The van der Waals surface area contributed by atoms with Crippen molar-refractivity contribution >= 4 is 0 Å². The van der Waals surface area contributed by atoms with Gasteiger partial charge in [0.2, 0.25) is 0 Å². The molecule has 0 heterocycles. The average molecular weight is 311 g/mol. The van der Waals surface area contributed by atoms with Crippen LogP contribution in [-0.2, 0) is 22.7 Å². The van der Waals surface area contributed by atoms with E-state index in [0.29, 0.717) is 25.7 Å². The second kappa shape index (κ2) is 8.25. The fourth-order valence-electron chi connectivity index (χ4n) is 3.19. The molecule has 2 aromatic carbocycles. The van der Waals surface area contributed by atoms with Gasteiger partial charge >= 0.3 is 0 Å². The molecule has 0 unspecified atom stereocenters. The van der Waals surface area contributed by atoms with Crippen molar-refractivity contribution in [1.29, 1.82) is 0 Å². The van der Waals surface area contributed by atoms with Gasteiger partial charge in [0.1, 0.15) is 0 Å². The van der Waals surface area contributed by atoms with E-state index in [4.69, 9.17) is 15.2 Å². The Labute approximate surface area is 138 Å². The van der Waals surface area contributed by atoms with Crippen LogP contribution in [0.3, 0.4) is 0 Å². The van der Waals surface area contributed by atoms with Crippen molar-refractivity contribution in [2.75, 3.05) is 6.61 Å². The van der Waals surface area contributed by atoms with Gasteiger partial charge < -0.3 is 15.2 Å². The van der Waals surface area contributed by atoms with Gasteiger partial charge in [-0.2, -0.15) is 0 Å². The Morgan fingerprint density at radius 2 is 1.43 bits per heavy atom. The third-order valence-corrected chi connectivity index (χ3v) is 4.42. The zero-order valence-electron chi connectivity index (χ0n) is 13.4. The second-order valence-electron chi connectivity index (χ2n) is 6.33. The van der Waals surface area contributed by atoms with Crippen LogP contribution in [-0.4, -0.2) is 18.8 Å². The number of hydrogen-bond acceptors (Lipinski definition) is 3. The lowest BCUT2D eigenvalue weighted by molar-refractivity contribution is -0.0188. The highest BCUT2D eigenvalue weighted by Crippen LogP contribution is 2.29. The van der Waals surface area contributed by atoms with Gasteiger partial charge in [0, 0.05) is 12.0 Å². The van der Waals surface area contributed by atoms with Crippen molar-refractivity contribution in [3.05, 3.63) is 71.8 Å². The smallest absolute Gasteiger partial charge is 0.0720 e. The molecule has 3 nitrogen and oxygen atoms in total. The molecule has 1 saturated carbocycles. The third-order valence-electron chi connectivity index (χ3n) is 4.42. The van der Waals surface area contributed by atoms with Crippen molar-refractivity contribution < 1.29 is 9.47 Å². The Hall–Kier alpha value is -1.68. The van der Waals surface area contributed by atoms with Crippen LogP contribution in [0.5, 0.6) is 0 Å². The maximum absolute atomic E-state index is 6.13. The molecule has 1 aliphatic rings. The molecular weight excluding hydrogens is 286 g/mol. The van der Waals surface area contributed by atoms with Gasteiger partial charge in [0.25, 0.3) is 0 Å². The van der Waals surface area contributed by atoms with E-state index in [0.717, 1.165) is 12.8 Å². The highest BCUT2D eigenvalue weighted by atomic mass is 16.5.